The Bertz CT molecular complexity index is 1220. The topological polar surface area (TPSA) is 54.3 Å². The summed E-state index contributed by atoms with van der Waals surface area (Å²) in [6, 6.07) is 23.0. The molecule has 3 aromatic carbocycles. The summed E-state index contributed by atoms with van der Waals surface area (Å²) in [4.78, 5) is 6.78. The van der Waals surface area contributed by atoms with E-state index in [0.717, 1.165) is 73.0 Å². The normalized spacial score (nSPS) is 18.4. The van der Waals surface area contributed by atoms with Crippen LogP contribution in [0.25, 0.3) is 0 Å². The van der Waals surface area contributed by atoms with Crippen molar-refractivity contribution in [3.05, 3.63) is 94.5 Å². The van der Waals surface area contributed by atoms with E-state index < -0.39 is 5.72 Å². The van der Waals surface area contributed by atoms with Crippen LogP contribution in [0.4, 0.5) is 0 Å². The summed E-state index contributed by atoms with van der Waals surface area (Å²) in [7, 11) is 1.70. The summed E-state index contributed by atoms with van der Waals surface area (Å²) in [5, 5.41) is 11.9. The summed E-state index contributed by atoms with van der Waals surface area (Å²) in [6.45, 7) is 4.37. The lowest BCUT2D eigenvalue weighted by molar-refractivity contribution is -0.0745. The van der Waals surface area contributed by atoms with Crippen molar-refractivity contribution < 1.29 is 14.6 Å². The Labute approximate surface area is 214 Å². The zero-order valence-electron chi connectivity index (χ0n) is 21.4. The number of benzene rings is 3. The van der Waals surface area contributed by atoms with Crippen LogP contribution in [0.1, 0.15) is 54.0 Å². The molecule has 0 aliphatic carbocycles. The third kappa shape index (κ3) is 4.85. The lowest BCUT2D eigenvalue weighted by atomic mass is 9.86. The van der Waals surface area contributed by atoms with Crippen LogP contribution in [0.15, 0.2) is 71.7 Å². The van der Waals surface area contributed by atoms with Gasteiger partial charge < -0.3 is 19.5 Å². The predicted octanol–water partition coefficient (Wildman–Crippen LogP) is 5.51. The molecule has 1 unspecified atom stereocenters. The Balaban J connectivity index is 1.26. The van der Waals surface area contributed by atoms with Gasteiger partial charge in [0.15, 0.2) is 17.2 Å². The van der Waals surface area contributed by atoms with Crippen LogP contribution in [0.2, 0.25) is 0 Å². The van der Waals surface area contributed by atoms with Gasteiger partial charge in [-0.3, -0.25) is 4.99 Å². The molecule has 0 spiro atoms. The first-order chi connectivity index (χ1) is 17.6. The van der Waals surface area contributed by atoms with Crippen LogP contribution in [-0.4, -0.2) is 42.6 Å². The van der Waals surface area contributed by atoms with Gasteiger partial charge in [-0.15, -0.1) is 0 Å². The van der Waals surface area contributed by atoms with E-state index in [1.54, 1.807) is 7.11 Å². The van der Waals surface area contributed by atoms with Crippen molar-refractivity contribution in [3.8, 4) is 11.5 Å². The number of amidine groups is 1. The van der Waals surface area contributed by atoms with Gasteiger partial charge in [-0.2, -0.15) is 0 Å². The monoisotopic (exact) mass is 484 g/mol. The largest absolute Gasteiger partial charge is 0.493 e. The molecule has 2 heterocycles. The fraction of sp³-hybridized carbons (Fsp3) is 0.387. The second-order valence-corrected chi connectivity index (χ2v) is 9.75. The average molecular weight is 485 g/mol. The average Bonchev–Trinajstić information content (AvgIpc) is 3.42. The van der Waals surface area contributed by atoms with E-state index in [2.05, 4.69) is 60.4 Å². The second-order valence-electron chi connectivity index (χ2n) is 9.75. The number of aryl methyl sites for hydroxylation is 2. The van der Waals surface area contributed by atoms with Gasteiger partial charge in [0.25, 0.3) is 0 Å². The minimum Gasteiger partial charge on any atom is -0.493 e. The predicted molar refractivity (Wildman–Crippen MR) is 144 cm³/mol. The quantitative estimate of drug-likeness (QED) is 0.386. The van der Waals surface area contributed by atoms with Crippen LogP contribution in [0.5, 0.6) is 11.5 Å². The zero-order valence-corrected chi connectivity index (χ0v) is 21.4. The molecule has 36 heavy (non-hydrogen) atoms. The first kappa shape index (κ1) is 24.4. The van der Waals surface area contributed by atoms with Crippen molar-refractivity contribution in [2.45, 2.75) is 51.2 Å². The highest BCUT2D eigenvalue weighted by atomic mass is 16.5. The van der Waals surface area contributed by atoms with Gasteiger partial charge in [0.1, 0.15) is 5.84 Å². The smallest absolute Gasteiger partial charge is 0.169 e. The number of rotatable bonds is 10. The van der Waals surface area contributed by atoms with Crippen LogP contribution in [0.3, 0.4) is 0 Å². The number of aliphatic imine (C=N–C) groups is 1. The van der Waals surface area contributed by atoms with Gasteiger partial charge in [-0.1, -0.05) is 74.4 Å². The maximum atomic E-state index is 11.9. The van der Waals surface area contributed by atoms with E-state index in [0.29, 0.717) is 6.42 Å². The molecule has 5 heteroatoms. The Morgan fingerprint density at radius 2 is 1.72 bits per heavy atom. The van der Waals surface area contributed by atoms with E-state index in [4.69, 9.17) is 14.5 Å². The van der Waals surface area contributed by atoms with E-state index in [9.17, 15) is 5.11 Å². The van der Waals surface area contributed by atoms with E-state index in [-0.39, 0.29) is 0 Å². The van der Waals surface area contributed by atoms with Crippen molar-refractivity contribution in [3.63, 3.8) is 0 Å². The third-order valence-corrected chi connectivity index (χ3v) is 7.33. The summed E-state index contributed by atoms with van der Waals surface area (Å²) < 4.78 is 11.5. The van der Waals surface area contributed by atoms with Crippen LogP contribution >= 0.6 is 0 Å². The number of aliphatic hydroxyl groups is 1. The molecule has 0 bridgehead atoms. The van der Waals surface area contributed by atoms with E-state index >= 15 is 0 Å². The molecular formula is C31H36N2O3. The molecule has 0 fully saturated rings. The van der Waals surface area contributed by atoms with Crippen LogP contribution in [-0.2, 0) is 25.0 Å². The third-order valence-electron chi connectivity index (χ3n) is 7.33. The highest BCUT2D eigenvalue weighted by Gasteiger charge is 2.44. The van der Waals surface area contributed by atoms with Gasteiger partial charge in [0, 0.05) is 24.1 Å². The molecule has 2 aliphatic rings. The van der Waals surface area contributed by atoms with E-state index in [1.165, 1.54) is 24.0 Å². The molecule has 0 saturated carbocycles. The maximum Gasteiger partial charge on any atom is 0.169 e. The van der Waals surface area contributed by atoms with Crippen molar-refractivity contribution in [2.24, 2.45) is 4.99 Å². The number of ether oxygens (including phenoxy) is 2. The summed E-state index contributed by atoms with van der Waals surface area (Å²) in [5.74, 6) is 2.52. The van der Waals surface area contributed by atoms with Gasteiger partial charge >= 0.3 is 0 Å². The van der Waals surface area contributed by atoms with Gasteiger partial charge in [0.2, 0.25) is 0 Å². The summed E-state index contributed by atoms with van der Waals surface area (Å²) in [6.07, 6.45) is 5.81. The van der Waals surface area contributed by atoms with Crippen LogP contribution < -0.4 is 9.47 Å². The Morgan fingerprint density at radius 3 is 2.53 bits per heavy atom. The molecular weight excluding hydrogens is 448 g/mol. The molecule has 1 atom stereocenters. The van der Waals surface area contributed by atoms with Crippen molar-refractivity contribution in [2.75, 3.05) is 26.8 Å². The number of hydrogen-bond donors (Lipinski definition) is 1. The lowest BCUT2D eigenvalue weighted by Gasteiger charge is -2.43. The fourth-order valence-corrected chi connectivity index (χ4v) is 5.30. The molecule has 1 N–H and O–H groups in total. The van der Waals surface area contributed by atoms with Crippen LogP contribution in [0, 0.1) is 0 Å². The Hall–Kier alpha value is -3.31. The molecule has 5 nitrogen and oxygen atoms in total. The molecule has 0 saturated heterocycles. The fourth-order valence-electron chi connectivity index (χ4n) is 5.30. The molecule has 0 amide bonds. The molecule has 2 aliphatic heterocycles. The Morgan fingerprint density at radius 1 is 0.944 bits per heavy atom. The van der Waals surface area contributed by atoms with E-state index in [1.807, 2.05) is 18.2 Å². The standard InChI is InChI=1S/C31H36N2O3/c1-3-4-7-20-36-28-17-14-24(21-29(28)35-2)11-10-23-12-15-26(16-13-23)31(34)22-25-8-5-6-9-27(25)30-32-18-19-33(30)31/h5-6,8-9,12-17,21,34H,3-4,7,10-11,18-20,22H2,1-2H3. The first-order valence-electron chi connectivity index (χ1n) is 13.1. The molecule has 5 rings (SSSR count). The van der Waals surface area contributed by atoms with Gasteiger partial charge in [0.05, 0.1) is 20.3 Å². The van der Waals surface area contributed by atoms with Crippen molar-refractivity contribution in [1.82, 2.24) is 4.90 Å². The number of fused-ring (bicyclic) bond motifs is 3. The number of unbranched alkanes of at least 4 members (excludes halogenated alkanes) is 2. The molecule has 188 valence electrons. The minimum absolute atomic E-state index is 0.564. The SMILES string of the molecule is CCCCCOc1ccc(CCc2ccc(C3(O)Cc4ccccc4C4=NCCN43)cc2)cc1OC. The number of hydrogen-bond acceptors (Lipinski definition) is 5. The van der Waals surface area contributed by atoms with Gasteiger partial charge in [-0.25, -0.2) is 0 Å². The molecule has 0 radical (unpaired) electrons. The summed E-state index contributed by atoms with van der Waals surface area (Å²) >= 11 is 0. The highest BCUT2D eigenvalue weighted by Crippen LogP contribution is 2.38. The summed E-state index contributed by atoms with van der Waals surface area (Å²) in [5.41, 5.74) is 4.60. The first-order valence-corrected chi connectivity index (χ1v) is 13.1. The second kappa shape index (κ2) is 10.8. The van der Waals surface area contributed by atoms with Crippen molar-refractivity contribution in [1.29, 1.82) is 0 Å². The minimum atomic E-state index is -1.07. The lowest BCUT2D eigenvalue weighted by Crippen LogP contribution is -2.53. The zero-order chi connectivity index (χ0) is 25.0. The van der Waals surface area contributed by atoms with Crippen molar-refractivity contribution >= 4 is 5.84 Å². The molecule has 0 aromatic heterocycles. The maximum absolute atomic E-state index is 11.9. The molecule has 3 aromatic rings. The van der Waals surface area contributed by atoms with Gasteiger partial charge in [-0.05, 0) is 48.1 Å². The highest BCUT2D eigenvalue weighted by molar-refractivity contribution is 6.02. The Kier molecular flexibility index (Phi) is 7.28. The number of nitrogens with zero attached hydrogens (tertiary/aromatic N) is 2. The number of methoxy groups -OCH3 is 1.